The maximum absolute atomic E-state index is 13.4. The summed E-state index contributed by atoms with van der Waals surface area (Å²) in [6.07, 6.45) is 2.30. The highest BCUT2D eigenvalue weighted by atomic mass is 19.1. The van der Waals surface area contributed by atoms with Crippen molar-refractivity contribution in [2.24, 2.45) is 5.92 Å². The molecule has 29 heavy (non-hydrogen) atoms. The van der Waals surface area contributed by atoms with Gasteiger partial charge in [-0.25, -0.2) is 4.39 Å². The molecule has 0 spiro atoms. The number of para-hydroxylation sites is 1. The van der Waals surface area contributed by atoms with Crippen LogP contribution in [-0.4, -0.2) is 25.5 Å². The smallest absolute Gasteiger partial charge is 0.281 e. The van der Waals surface area contributed by atoms with Gasteiger partial charge in [0.25, 0.3) is 5.91 Å². The Hall–Kier alpha value is -2.99. The lowest BCUT2D eigenvalue weighted by atomic mass is 10.0. The predicted octanol–water partition coefficient (Wildman–Crippen LogP) is 2.85. The lowest BCUT2D eigenvalue weighted by Gasteiger charge is -2.27. The first kappa shape index (κ1) is 19.3. The van der Waals surface area contributed by atoms with E-state index in [9.17, 15) is 14.0 Å². The number of fused-ring (bicyclic) bond motifs is 1. The normalized spacial score (nSPS) is 19.2. The third-order valence-electron chi connectivity index (χ3n) is 5.46. The number of piperidine rings is 1. The van der Waals surface area contributed by atoms with Crippen LogP contribution in [0.1, 0.15) is 19.8 Å². The number of likely N-dealkylation sites (tertiary alicyclic amines) is 1. The van der Waals surface area contributed by atoms with E-state index in [0.29, 0.717) is 29.0 Å². The van der Waals surface area contributed by atoms with Gasteiger partial charge in [0.05, 0.1) is 24.0 Å². The molecule has 1 aliphatic heterocycles. The monoisotopic (exact) mass is 395 g/mol. The Morgan fingerprint density at radius 1 is 1.21 bits per heavy atom. The second kappa shape index (κ2) is 8.17. The van der Waals surface area contributed by atoms with Crippen LogP contribution in [-0.2, 0) is 4.79 Å². The molecule has 150 valence electrons. The van der Waals surface area contributed by atoms with Crippen molar-refractivity contribution in [2.75, 3.05) is 25.0 Å². The Labute approximate surface area is 168 Å². The van der Waals surface area contributed by atoms with Crippen molar-refractivity contribution in [1.29, 1.82) is 0 Å². The maximum atomic E-state index is 13.4. The van der Waals surface area contributed by atoms with E-state index in [0.717, 1.165) is 19.5 Å². The van der Waals surface area contributed by atoms with Gasteiger partial charge in [-0.2, -0.15) is 0 Å². The highest BCUT2D eigenvalue weighted by molar-refractivity contribution is 5.96. The predicted molar refractivity (Wildman–Crippen MR) is 110 cm³/mol. The molecule has 1 aromatic heterocycles. The number of anilines is 1. The fraction of sp³-hybridized carbons (Fsp3) is 0.304. The first-order chi connectivity index (χ1) is 14.0. The highest BCUT2D eigenvalue weighted by Gasteiger charge is 2.24. The molecule has 1 amide bonds. The van der Waals surface area contributed by atoms with Gasteiger partial charge in [-0.15, -0.1) is 0 Å². The van der Waals surface area contributed by atoms with Crippen LogP contribution in [0.4, 0.5) is 10.3 Å². The van der Waals surface area contributed by atoms with E-state index in [2.05, 4.69) is 12.2 Å². The number of benzene rings is 2. The molecule has 5 nitrogen and oxygen atoms in total. The Balaban J connectivity index is 1.70. The quantitative estimate of drug-likeness (QED) is 0.714. The molecule has 0 bridgehead atoms. The zero-order valence-electron chi connectivity index (χ0n) is 16.3. The molecular weight excluding hydrogens is 371 g/mol. The van der Waals surface area contributed by atoms with E-state index in [1.165, 1.54) is 35.6 Å². The van der Waals surface area contributed by atoms with E-state index < -0.39 is 5.82 Å². The zero-order chi connectivity index (χ0) is 20.4. The van der Waals surface area contributed by atoms with E-state index >= 15 is 0 Å². The van der Waals surface area contributed by atoms with Gasteiger partial charge >= 0.3 is 0 Å². The van der Waals surface area contributed by atoms with Gasteiger partial charge in [-0.05, 0) is 42.7 Å². The fourth-order valence-corrected chi connectivity index (χ4v) is 4.06. The highest BCUT2D eigenvalue weighted by Crippen LogP contribution is 2.28. The number of carbonyl (C=O) groups is 1. The Kier molecular flexibility index (Phi) is 5.45. The van der Waals surface area contributed by atoms with Crippen molar-refractivity contribution in [2.45, 2.75) is 19.8 Å². The average molecular weight is 395 g/mol. The first-order valence-electron chi connectivity index (χ1n) is 9.96. The number of carbonyl (C=O) groups excluding carboxylic acids is 1. The summed E-state index contributed by atoms with van der Waals surface area (Å²) < 4.78 is 19.3. The Morgan fingerprint density at radius 2 is 1.97 bits per heavy atom. The number of quaternary nitrogens is 1. The lowest BCUT2D eigenvalue weighted by Crippen LogP contribution is -3.14. The van der Waals surface area contributed by atoms with Crippen molar-refractivity contribution in [3.63, 3.8) is 0 Å². The van der Waals surface area contributed by atoms with Crippen LogP contribution in [0, 0.1) is 11.7 Å². The minimum absolute atomic E-state index is 0.106. The molecule has 0 saturated carbocycles. The standard InChI is InChI=1S/C23H23FN2O3/c1-15-5-4-12-26(13-15)14-20(27)25-23-21(16-8-10-17(24)11-9-16)22(28)18-6-2-3-7-19(18)29-23/h2-3,6-11,15H,4-5,12-14H2,1H3,(H,25,27)/p+1/t15-/m0/s1. The topological polar surface area (TPSA) is 63.8 Å². The van der Waals surface area contributed by atoms with Gasteiger partial charge in [0.15, 0.2) is 6.54 Å². The van der Waals surface area contributed by atoms with Crippen LogP contribution in [0.5, 0.6) is 0 Å². The van der Waals surface area contributed by atoms with Crippen LogP contribution in [0.2, 0.25) is 0 Å². The summed E-state index contributed by atoms with van der Waals surface area (Å²) in [7, 11) is 0. The van der Waals surface area contributed by atoms with Crippen LogP contribution < -0.4 is 15.6 Å². The molecule has 6 heteroatoms. The van der Waals surface area contributed by atoms with Gasteiger partial charge in [0, 0.05) is 5.92 Å². The summed E-state index contributed by atoms with van der Waals surface area (Å²) >= 11 is 0. The number of rotatable bonds is 4. The number of hydrogen-bond donors (Lipinski definition) is 2. The molecule has 0 radical (unpaired) electrons. The molecule has 4 rings (SSSR count). The van der Waals surface area contributed by atoms with Gasteiger partial charge < -0.3 is 9.32 Å². The number of nitrogens with one attached hydrogen (secondary N) is 2. The van der Waals surface area contributed by atoms with Crippen LogP contribution in [0.3, 0.4) is 0 Å². The molecule has 2 atom stereocenters. The fourth-order valence-electron chi connectivity index (χ4n) is 4.06. The minimum Gasteiger partial charge on any atom is -0.439 e. The van der Waals surface area contributed by atoms with Crippen molar-refractivity contribution >= 4 is 22.8 Å². The molecule has 2 N–H and O–H groups in total. The summed E-state index contributed by atoms with van der Waals surface area (Å²) in [5.41, 5.74) is 0.879. The summed E-state index contributed by atoms with van der Waals surface area (Å²) in [6, 6.07) is 12.5. The average Bonchev–Trinajstić information content (AvgIpc) is 2.69. The summed E-state index contributed by atoms with van der Waals surface area (Å²) in [6.45, 7) is 4.44. The van der Waals surface area contributed by atoms with Crippen LogP contribution in [0.25, 0.3) is 22.1 Å². The summed E-state index contributed by atoms with van der Waals surface area (Å²) in [4.78, 5) is 27.1. The molecule has 0 aliphatic carbocycles. The van der Waals surface area contributed by atoms with Crippen molar-refractivity contribution in [3.05, 3.63) is 64.6 Å². The van der Waals surface area contributed by atoms with Crippen molar-refractivity contribution in [3.8, 4) is 11.1 Å². The Morgan fingerprint density at radius 3 is 2.72 bits per heavy atom. The second-order valence-corrected chi connectivity index (χ2v) is 7.81. The number of amides is 1. The Bertz CT molecular complexity index is 1090. The zero-order valence-corrected chi connectivity index (χ0v) is 16.3. The van der Waals surface area contributed by atoms with Crippen LogP contribution in [0.15, 0.2) is 57.7 Å². The van der Waals surface area contributed by atoms with E-state index in [-0.39, 0.29) is 22.8 Å². The SMILES string of the molecule is C[C@H]1CCC[NH+](CC(=O)Nc2oc3ccccc3c(=O)c2-c2ccc(F)cc2)C1. The van der Waals surface area contributed by atoms with Gasteiger partial charge in [-0.3, -0.25) is 14.9 Å². The van der Waals surface area contributed by atoms with E-state index in [1.54, 1.807) is 24.3 Å². The molecular formula is C23H24FN2O3+. The molecule has 1 saturated heterocycles. The van der Waals surface area contributed by atoms with Gasteiger partial charge in [0.1, 0.15) is 11.4 Å². The second-order valence-electron chi connectivity index (χ2n) is 7.81. The molecule has 1 fully saturated rings. The van der Waals surface area contributed by atoms with Crippen molar-refractivity contribution < 1.29 is 18.5 Å². The lowest BCUT2D eigenvalue weighted by molar-refractivity contribution is -0.900. The third-order valence-corrected chi connectivity index (χ3v) is 5.46. The molecule has 2 heterocycles. The molecule has 2 aromatic carbocycles. The molecule has 1 aliphatic rings. The van der Waals surface area contributed by atoms with E-state index in [1.807, 2.05) is 0 Å². The maximum Gasteiger partial charge on any atom is 0.281 e. The largest absolute Gasteiger partial charge is 0.439 e. The number of hydrogen-bond acceptors (Lipinski definition) is 3. The van der Waals surface area contributed by atoms with Gasteiger partial charge in [0.2, 0.25) is 11.3 Å². The van der Waals surface area contributed by atoms with E-state index in [4.69, 9.17) is 4.42 Å². The summed E-state index contributed by atoms with van der Waals surface area (Å²) in [5, 5.41) is 3.22. The molecule has 3 aromatic rings. The van der Waals surface area contributed by atoms with Gasteiger partial charge in [-0.1, -0.05) is 31.2 Å². The summed E-state index contributed by atoms with van der Waals surface area (Å²) in [5.74, 6) is 0.109. The first-order valence-corrected chi connectivity index (χ1v) is 9.96. The molecule has 1 unspecified atom stereocenters. The number of halogens is 1. The minimum atomic E-state index is -0.396. The van der Waals surface area contributed by atoms with Crippen LogP contribution >= 0.6 is 0 Å². The third kappa shape index (κ3) is 4.22. The van der Waals surface area contributed by atoms with Crippen molar-refractivity contribution in [1.82, 2.24) is 0 Å².